The predicted octanol–water partition coefficient (Wildman–Crippen LogP) is 1.39. The van der Waals surface area contributed by atoms with E-state index in [2.05, 4.69) is 4.98 Å². The summed E-state index contributed by atoms with van der Waals surface area (Å²) in [5, 5.41) is 9.61. The van der Waals surface area contributed by atoms with Crippen LogP contribution in [0.2, 0.25) is 0 Å². The highest BCUT2D eigenvalue weighted by Crippen LogP contribution is 2.33. The molecule has 1 saturated carbocycles. The fraction of sp³-hybridized carbons (Fsp3) is 0.500. The van der Waals surface area contributed by atoms with E-state index in [1.807, 2.05) is 18.3 Å². The number of hydrogen-bond donors (Lipinski definition) is 1. The molecule has 0 saturated heterocycles. The zero-order valence-electron chi connectivity index (χ0n) is 6.98. The lowest BCUT2D eigenvalue weighted by atomic mass is 10.1. The average molecular weight is 163 g/mol. The van der Waals surface area contributed by atoms with Gasteiger partial charge in [-0.15, -0.1) is 0 Å². The third-order valence-electron chi connectivity index (χ3n) is 2.33. The first-order valence-corrected chi connectivity index (χ1v) is 4.43. The maximum atomic E-state index is 9.61. The molecule has 1 aromatic heterocycles. The molecule has 1 aliphatic carbocycles. The highest BCUT2D eigenvalue weighted by molar-refractivity contribution is 5.10. The van der Waals surface area contributed by atoms with Gasteiger partial charge in [0.15, 0.2) is 0 Å². The lowest BCUT2D eigenvalue weighted by Gasteiger charge is -2.07. The van der Waals surface area contributed by atoms with E-state index < -0.39 is 0 Å². The lowest BCUT2D eigenvalue weighted by molar-refractivity contribution is 0.151. The number of hydrogen-bond acceptors (Lipinski definition) is 2. The average Bonchev–Trinajstić information content (AvgIpc) is 2.88. The number of nitrogens with zero attached hydrogens (tertiary/aromatic N) is 1. The second-order valence-corrected chi connectivity index (χ2v) is 3.47. The summed E-state index contributed by atoms with van der Waals surface area (Å²) in [6.07, 6.45) is 6.59. The first kappa shape index (κ1) is 7.74. The third kappa shape index (κ3) is 1.83. The molecule has 0 bridgehead atoms. The molecule has 0 amide bonds. The van der Waals surface area contributed by atoms with Crippen molar-refractivity contribution in [3.05, 3.63) is 30.1 Å². The number of aliphatic hydroxyl groups is 1. The van der Waals surface area contributed by atoms with E-state index in [0.29, 0.717) is 5.92 Å². The molecule has 64 valence electrons. The van der Waals surface area contributed by atoms with Gasteiger partial charge in [0.1, 0.15) is 0 Å². The van der Waals surface area contributed by atoms with E-state index in [1.54, 1.807) is 6.20 Å². The number of aromatic nitrogens is 1. The van der Waals surface area contributed by atoms with Gasteiger partial charge < -0.3 is 5.11 Å². The molecule has 2 heteroatoms. The van der Waals surface area contributed by atoms with E-state index >= 15 is 0 Å². The molecule has 1 heterocycles. The van der Waals surface area contributed by atoms with Crippen molar-refractivity contribution in [2.75, 3.05) is 0 Å². The van der Waals surface area contributed by atoms with Crippen molar-refractivity contribution in [2.24, 2.45) is 5.92 Å². The number of rotatable bonds is 3. The van der Waals surface area contributed by atoms with Crippen LogP contribution in [0, 0.1) is 5.92 Å². The molecule has 0 aromatic carbocycles. The van der Waals surface area contributed by atoms with Crippen molar-refractivity contribution in [1.29, 1.82) is 0 Å². The molecule has 12 heavy (non-hydrogen) atoms. The van der Waals surface area contributed by atoms with Crippen molar-refractivity contribution in [2.45, 2.75) is 25.4 Å². The van der Waals surface area contributed by atoms with Crippen LogP contribution >= 0.6 is 0 Å². The Labute approximate surface area is 72.3 Å². The lowest BCUT2D eigenvalue weighted by Crippen LogP contribution is -2.12. The van der Waals surface area contributed by atoms with Crippen LogP contribution in [-0.2, 0) is 6.42 Å². The largest absolute Gasteiger partial charge is 0.392 e. The Hall–Kier alpha value is -0.890. The van der Waals surface area contributed by atoms with Crippen LogP contribution in [0.25, 0.3) is 0 Å². The molecule has 1 aromatic rings. The summed E-state index contributed by atoms with van der Waals surface area (Å²) >= 11 is 0. The van der Waals surface area contributed by atoms with Crippen LogP contribution in [0.1, 0.15) is 18.4 Å². The molecule has 1 N–H and O–H groups in total. The molecule has 1 aliphatic rings. The van der Waals surface area contributed by atoms with Crippen molar-refractivity contribution in [3.63, 3.8) is 0 Å². The Morgan fingerprint density at radius 1 is 1.58 bits per heavy atom. The first-order chi connectivity index (χ1) is 5.86. The SMILES string of the molecule is OC(Cc1cccnc1)C1CC1. The summed E-state index contributed by atoms with van der Waals surface area (Å²) in [7, 11) is 0. The maximum Gasteiger partial charge on any atom is 0.0609 e. The topological polar surface area (TPSA) is 33.1 Å². The first-order valence-electron chi connectivity index (χ1n) is 4.43. The minimum Gasteiger partial charge on any atom is -0.392 e. The monoisotopic (exact) mass is 163 g/mol. The van der Waals surface area contributed by atoms with E-state index in [4.69, 9.17) is 0 Å². The Bertz CT molecular complexity index is 243. The number of pyridine rings is 1. The van der Waals surface area contributed by atoms with Gasteiger partial charge in [-0.3, -0.25) is 4.98 Å². The molecule has 1 atom stereocenters. The van der Waals surface area contributed by atoms with Crippen LogP contribution in [0.15, 0.2) is 24.5 Å². The fourth-order valence-corrected chi connectivity index (χ4v) is 1.41. The predicted molar refractivity (Wildman–Crippen MR) is 46.7 cm³/mol. The van der Waals surface area contributed by atoms with Crippen molar-refractivity contribution in [1.82, 2.24) is 4.98 Å². The van der Waals surface area contributed by atoms with Gasteiger partial charge in [-0.05, 0) is 30.4 Å². The van der Waals surface area contributed by atoms with Crippen LogP contribution in [-0.4, -0.2) is 16.2 Å². The van der Waals surface area contributed by atoms with E-state index in [1.165, 1.54) is 12.8 Å². The van der Waals surface area contributed by atoms with Gasteiger partial charge in [0.25, 0.3) is 0 Å². The zero-order chi connectivity index (χ0) is 8.39. The van der Waals surface area contributed by atoms with E-state index in [0.717, 1.165) is 12.0 Å². The van der Waals surface area contributed by atoms with E-state index in [-0.39, 0.29) is 6.10 Å². The molecule has 0 aliphatic heterocycles. The Morgan fingerprint density at radius 2 is 2.42 bits per heavy atom. The van der Waals surface area contributed by atoms with Gasteiger partial charge in [0.05, 0.1) is 6.10 Å². The summed E-state index contributed by atoms with van der Waals surface area (Å²) < 4.78 is 0. The molecular formula is C10H13NO. The standard InChI is InChI=1S/C10H13NO/c12-10(9-3-4-9)6-8-2-1-5-11-7-8/h1-2,5,7,9-10,12H,3-4,6H2. The van der Waals surface area contributed by atoms with Gasteiger partial charge in [-0.25, -0.2) is 0 Å². The minimum absolute atomic E-state index is 0.144. The smallest absolute Gasteiger partial charge is 0.0609 e. The van der Waals surface area contributed by atoms with Gasteiger partial charge in [0, 0.05) is 18.8 Å². The van der Waals surface area contributed by atoms with Crippen LogP contribution in [0.5, 0.6) is 0 Å². The Morgan fingerprint density at radius 3 is 3.00 bits per heavy atom. The summed E-state index contributed by atoms with van der Waals surface area (Å²) in [6.45, 7) is 0. The van der Waals surface area contributed by atoms with Gasteiger partial charge >= 0.3 is 0 Å². The van der Waals surface area contributed by atoms with Crippen LogP contribution in [0.4, 0.5) is 0 Å². The van der Waals surface area contributed by atoms with Gasteiger partial charge in [-0.2, -0.15) is 0 Å². The maximum absolute atomic E-state index is 9.61. The molecule has 2 rings (SSSR count). The second-order valence-electron chi connectivity index (χ2n) is 3.47. The summed E-state index contributed by atoms with van der Waals surface area (Å²) in [5.41, 5.74) is 1.14. The zero-order valence-corrected chi connectivity index (χ0v) is 6.98. The normalized spacial score (nSPS) is 19.1. The highest BCUT2D eigenvalue weighted by Gasteiger charge is 2.29. The second kappa shape index (κ2) is 3.23. The fourth-order valence-electron chi connectivity index (χ4n) is 1.41. The third-order valence-corrected chi connectivity index (χ3v) is 2.33. The van der Waals surface area contributed by atoms with Gasteiger partial charge in [-0.1, -0.05) is 6.07 Å². The number of aliphatic hydroxyl groups excluding tert-OH is 1. The minimum atomic E-state index is -0.144. The van der Waals surface area contributed by atoms with Crippen molar-refractivity contribution in [3.8, 4) is 0 Å². The molecule has 1 fully saturated rings. The molecule has 0 radical (unpaired) electrons. The molecular weight excluding hydrogens is 150 g/mol. The van der Waals surface area contributed by atoms with Crippen molar-refractivity contribution < 1.29 is 5.11 Å². The quantitative estimate of drug-likeness (QED) is 0.730. The molecule has 1 unspecified atom stereocenters. The molecule has 2 nitrogen and oxygen atoms in total. The Balaban J connectivity index is 1.94. The van der Waals surface area contributed by atoms with E-state index in [9.17, 15) is 5.11 Å². The highest BCUT2D eigenvalue weighted by atomic mass is 16.3. The molecule has 0 spiro atoms. The van der Waals surface area contributed by atoms with Gasteiger partial charge in [0.2, 0.25) is 0 Å². The Kier molecular flexibility index (Phi) is 2.09. The van der Waals surface area contributed by atoms with Crippen LogP contribution in [0.3, 0.4) is 0 Å². The summed E-state index contributed by atoms with van der Waals surface area (Å²) in [4.78, 5) is 4.01. The van der Waals surface area contributed by atoms with Crippen LogP contribution < -0.4 is 0 Å². The summed E-state index contributed by atoms with van der Waals surface area (Å²) in [5.74, 6) is 0.560. The summed E-state index contributed by atoms with van der Waals surface area (Å²) in [6, 6.07) is 3.92. The van der Waals surface area contributed by atoms with Crippen molar-refractivity contribution >= 4 is 0 Å².